The molecule has 0 amide bonds. The molecule has 16 heavy (non-hydrogen) atoms. The van der Waals surface area contributed by atoms with Crippen LogP contribution in [0.15, 0.2) is 30.3 Å². The van der Waals surface area contributed by atoms with Crippen molar-refractivity contribution in [3.63, 3.8) is 0 Å². The second kappa shape index (κ2) is 5.93. The summed E-state index contributed by atoms with van der Waals surface area (Å²) in [6.45, 7) is 2.21. The molecule has 0 spiro atoms. The third-order valence-corrected chi connectivity index (χ3v) is 3.90. The van der Waals surface area contributed by atoms with Crippen LogP contribution >= 0.6 is 11.8 Å². The lowest BCUT2D eigenvalue weighted by atomic mass is 10.0. The van der Waals surface area contributed by atoms with E-state index in [-0.39, 0.29) is 6.04 Å². The molecule has 1 heterocycles. The molecule has 1 aromatic rings. The highest BCUT2D eigenvalue weighted by atomic mass is 32.2. The summed E-state index contributed by atoms with van der Waals surface area (Å²) in [6, 6.07) is 13.0. The van der Waals surface area contributed by atoms with Crippen molar-refractivity contribution in [3.8, 4) is 6.07 Å². The first-order valence-corrected chi connectivity index (χ1v) is 6.81. The second-order valence-electron chi connectivity index (χ2n) is 3.94. The quantitative estimate of drug-likeness (QED) is 0.801. The normalized spacial score (nSPS) is 18.9. The van der Waals surface area contributed by atoms with Gasteiger partial charge in [-0.15, -0.1) is 0 Å². The van der Waals surface area contributed by atoms with Crippen LogP contribution in [0.5, 0.6) is 0 Å². The van der Waals surface area contributed by atoms with Crippen molar-refractivity contribution in [2.45, 2.75) is 12.5 Å². The Kier molecular flexibility index (Phi) is 4.26. The van der Waals surface area contributed by atoms with Crippen molar-refractivity contribution in [2.75, 3.05) is 24.6 Å². The Balaban J connectivity index is 2.13. The first-order chi connectivity index (χ1) is 7.92. The summed E-state index contributed by atoms with van der Waals surface area (Å²) in [4.78, 5) is 2.44. The molecule has 1 unspecified atom stereocenters. The first-order valence-electron chi connectivity index (χ1n) is 5.65. The van der Waals surface area contributed by atoms with Crippen molar-refractivity contribution in [1.29, 1.82) is 5.26 Å². The average molecular weight is 232 g/mol. The molecule has 1 aliphatic rings. The van der Waals surface area contributed by atoms with E-state index in [0.29, 0.717) is 6.42 Å². The smallest absolute Gasteiger partial charge is 0.0641 e. The van der Waals surface area contributed by atoms with E-state index in [0.717, 1.165) is 13.1 Å². The lowest BCUT2D eigenvalue weighted by Gasteiger charge is -2.33. The molecule has 1 aliphatic heterocycles. The monoisotopic (exact) mass is 232 g/mol. The van der Waals surface area contributed by atoms with Gasteiger partial charge in [-0.3, -0.25) is 4.90 Å². The highest BCUT2D eigenvalue weighted by Crippen LogP contribution is 2.26. The Labute approximate surface area is 101 Å². The van der Waals surface area contributed by atoms with Crippen molar-refractivity contribution < 1.29 is 0 Å². The fourth-order valence-corrected chi connectivity index (χ4v) is 3.04. The predicted octanol–water partition coefficient (Wildman–Crippen LogP) is 2.69. The lowest BCUT2D eigenvalue weighted by Crippen LogP contribution is -2.36. The molecular formula is C13H16N2S. The van der Waals surface area contributed by atoms with Gasteiger partial charge in [-0.2, -0.15) is 17.0 Å². The number of hydrogen-bond acceptors (Lipinski definition) is 3. The van der Waals surface area contributed by atoms with Gasteiger partial charge in [0.15, 0.2) is 0 Å². The van der Waals surface area contributed by atoms with Crippen LogP contribution in [0.4, 0.5) is 0 Å². The number of benzene rings is 1. The summed E-state index contributed by atoms with van der Waals surface area (Å²) in [6.07, 6.45) is 0.592. The molecule has 0 bridgehead atoms. The van der Waals surface area contributed by atoms with Gasteiger partial charge in [-0.25, -0.2) is 0 Å². The summed E-state index contributed by atoms with van der Waals surface area (Å²) in [5.41, 5.74) is 1.27. The Morgan fingerprint density at radius 2 is 1.94 bits per heavy atom. The molecule has 2 nitrogen and oxygen atoms in total. The molecule has 2 rings (SSSR count). The van der Waals surface area contributed by atoms with Crippen LogP contribution in [0.25, 0.3) is 0 Å². The van der Waals surface area contributed by atoms with E-state index in [4.69, 9.17) is 5.26 Å². The zero-order valence-electron chi connectivity index (χ0n) is 9.30. The van der Waals surface area contributed by atoms with Crippen molar-refractivity contribution in [2.24, 2.45) is 0 Å². The van der Waals surface area contributed by atoms with E-state index in [1.54, 1.807) is 0 Å². The van der Waals surface area contributed by atoms with Crippen LogP contribution in [0, 0.1) is 11.3 Å². The van der Waals surface area contributed by atoms with Gasteiger partial charge in [0.25, 0.3) is 0 Å². The highest BCUT2D eigenvalue weighted by Gasteiger charge is 2.21. The maximum Gasteiger partial charge on any atom is 0.0641 e. The molecule has 0 N–H and O–H groups in total. The number of rotatable bonds is 3. The molecule has 0 radical (unpaired) electrons. The van der Waals surface area contributed by atoms with Crippen LogP contribution in [-0.2, 0) is 0 Å². The molecule has 0 aliphatic carbocycles. The largest absolute Gasteiger partial charge is 0.294 e. The van der Waals surface area contributed by atoms with Crippen LogP contribution < -0.4 is 0 Å². The van der Waals surface area contributed by atoms with Crippen molar-refractivity contribution in [1.82, 2.24) is 4.90 Å². The number of nitrogens with zero attached hydrogens (tertiary/aromatic N) is 2. The summed E-state index contributed by atoms with van der Waals surface area (Å²) in [5, 5.41) is 8.95. The van der Waals surface area contributed by atoms with Crippen LogP contribution in [0.3, 0.4) is 0 Å². The first kappa shape index (κ1) is 11.5. The third kappa shape index (κ3) is 2.78. The highest BCUT2D eigenvalue weighted by molar-refractivity contribution is 7.99. The van der Waals surface area contributed by atoms with Gasteiger partial charge in [0.05, 0.1) is 12.5 Å². The minimum absolute atomic E-state index is 0.284. The Hall–Kier alpha value is -0.980. The van der Waals surface area contributed by atoms with Gasteiger partial charge >= 0.3 is 0 Å². The predicted molar refractivity (Wildman–Crippen MR) is 68.3 cm³/mol. The third-order valence-electron chi connectivity index (χ3n) is 2.96. The number of thioether (sulfide) groups is 1. The Bertz CT molecular complexity index is 352. The summed E-state index contributed by atoms with van der Waals surface area (Å²) >= 11 is 2.00. The Morgan fingerprint density at radius 1 is 1.25 bits per heavy atom. The van der Waals surface area contributed by atoms with Gasteiger partial charge < -0.3 is 0 Å². The van der Waals surface area contributed by atoms with Crippen LogP contribution in [0.1, 0.15) is 18.0 Å². The fraction of sp³-hybridized carbons (Fsp3) is 0.462. The second-order valence-corrected chi connectivity index (χ2v) is 5.16. The van der Waals surface area contributed by atoms with Gasteiger partial charge in [0, 0.05) is 30.6 Å². The van der Waals surface area contributed by atoms with Crippen molar-refractivity contribution in [3.05, 3.63) is 35.9 Å². The topological polar surface area (TPSA) is 27.0 Å². The number of nitriles is 1. The fourth-order valence-electron chi connectivity index (χ4n) is 2.11. The van der Waals surface area contributed by atoms with Gasteiger partial charge in [-0.1, -0.05) is 30.3 Å². The van der Waals surface area contributed by atoms with E-state index in [9.17, 15) is 0 Å². The van der Waals surface area contributed by atoms with E-state index >= 15 is 0 Å². The van der Waals surface area contributed by atoms with Gasteiger partial charge in [-0.05, 0) is 5.56 Å². The number of hydrogen-bond donors (Lipinski definition) is 0. The summed E-state index contributed by atoms with van der Waals surface area (Å²) in [5.74, 6) is 2.38. The molecule has 84 valence electrons. The van der Waals surface area contributed by atoms with E-state index in [1.807, 2.05) is 17.8 Å². The molecule has 1 aromatic carbocycles. The van der Waals surface area contributed by atoms with Crippen LogP contribution in [0.2, 0.25) is 0 Å². The maximum absolute atomic E-state index is 8.95. The maximum atomic E-state index is 8.95. The molecule has 3 heteroatoms. The van der Waals surface area contributed by atoms with E-state index < -0.39 is 0 Å². The zero-order chi connectivity index (χ0) is 11.2. The van der Waals surface area contributed by atoms with Crippen LogP contribution in [-0.4, -0.2) is 29.5 Å². The molecular weight excluding hydrogens is 216 g/mol. The van der Waals surface area contributed by atoms with Gasteiger partial charge in [0.2, 0.25) is 0 Å². The van der Waals surface area contributed by atoms with E-state index in [1.165, 1.54) is 17.1 Å². The minimum atomic E-state index is 0.284. The minimum Gasteiger partial charge on any atom is -0.294 e. The standard InChI is InChI=1S/C13H16N2S/c14-7-6-13(12-4-2-1-3-5-12)15-8-10-16-11-9-15/h1-5,13H,6,8-11H2. The molecule has 1 fully saturated rings. The summed E-state index contributed by atoms with van der Waals surface area (Å²) < 4.78 is 0. The average Bonchev–Trinajstić information content (AvgIpc) is 2.38. The Morgan fingerprint density at radius 3 is 2.56 bits per heavy atom. The molecule has 0 aromatic heterocycles. The molecule has 1 atom stereocenters. The SMILES string of the molecule is N#CCC(c1ccccc1)N1CCSCC1. The van der Waals surface area contributed by atoms with Gasteiger partial charge in [0.1, 0.15) is 0 Å². The van der Waals surface area contributed by atoms with Crippen molar-refractivity contribution >= 4 is 11.8 Å². The zero-order valence-corrected chi connectivity index (χ0v) is 10.1. The van der Waals surface area contributed by atoms with E-state index in [2.05, 4.69) is 35.2 Å². The summed E-state index contributed by atoms with van der Waals surface area (Å²) in [7, 11) is 0. The molecule has 0 saturated carbocycles. The molecule has 1 saturated heterocycles. The lowest BCUT2D eigenvalue weighted by molar-refractivity contribution is 0.220.